The highest BCUT2D eigenvalue weighted by molar-refractivity contribution is 5.39. The van der Waals surface area contributed by atoms with Crippen molar-refractivity contribution in [2.24, 2.45) is 0 Å². The van der Waals surface area contributed by atoms with Gasteiger partial charge in [0.15, 0.2) is 0 Å². The summed E-state index contributed by atoms with van der Waals surface area (Å²) in [5.41, 5.74) is 2.04. The predicted octanol–water partition coefficient (Wildman–Crippen LogP) is 2.64. The van der Waals surface area contributed by atoms with Crippen LogP contribution in [0.5, 0.6) is 0 Å². The zero-order valence-corrected chi connectivity index (χ0v) is 7.96. The van der Waals surface area contributed by atoms with Crippen molar-refractivity contribution in [1.82, 2.24) is 0 Å². The molecule has 2 rings (SSSR count). The molecule has 1 aliphatic rings. The number of aliphatic hydroxyl groups excluding tert-OH is 1. The van der Waals surface area contributed by atoms with Gasteiger partial charge in [0.05, 0.1) is 0 Å². The predicted molar refractivity (Wildman–Crippen MR) is 49.6 cm³/mol. The van der Waals surface area contributed by atoms with E-state index in [1.54, 1.807) is 0 Å². The van der Waals surface area contributed by atoms with E-state index in [2.05, 4.69) is 0 Å². The molecule has 82 valence electrons. The number of fused-ring (bicyclic) bond motifs is 1. The third kappa shape index (κ3) is 2.00. The van der Waals surface area contributed by atoms with Gasteiger partial charge in [-0.3, -0.25) is 0 Å². The molecule has 0 radical (unpaired) electrons. The first kappa shape index (κ1) is 10.5. The minimum Gasteiger partial charge on any atom is -0.384 e. The minimum atomic E-state index is -4.50. The van der Waals surface area contributed by atoms with Gasteiger partial charge in [-0.15, -0.1) is 0 Å². The molecule has 0 bridgehead atoms. The molecule has 0 saturated carbocycles. The summed E-state index contributed by atoms with van der Waals surface area (Å²) in [5, 5.41) is 8.92. The van der Waals surface area contributed by atoms with Gasteiger partial charge in [-0.05, 0) is 29.9 Å². The van der Waals surface area contributed by atoms with Crippen molar-refractivity contribution in [3.8, 4) is 0 Å². The molecule has 1 aliphatic carbocycles. The molecule has 1 aromatic carbocycles. The average Bonchev–Trinajstić information content (AvgIpc) is 2.12. The lowest BCUT2D eigenvalue weighted by molar-refractivity contribution is -0.207. The molecular weight excluding hydrogens is 205 g/mol. The van der Waals surface area contributed by atoms with Crippen LogP contribution in [0.2, 0.25) is 0 Å². The highest BCUT2D eigenvalue weighted by atomic mass is 19.4. The molecule has 15 heavy (non-hydrogen) atoms. The maximum Gasteiger partial charge on any atom is 0.414 e. The monoisotopic (exact) mass is 216 g/mol. The summed E-state index contributed by atoms with van der Waals surface area (Å²) in [6.45, 7) is 0. The molecule has 1 N–H and O–H groups in total. The summed E-state index contributed by atoms with van der Waals surface area (Å²) in [4.78, 5) is 0. The molecule has 0 saturated heterocycles. The topological polar surface area (TPSA) is 20.2 Å². The van der Waals surface area contributed by atoms with Crippen LogP contribution in [-0.2, 0) is 6.42 Å². The van der Waals surface area contributed by atoms with Crippen molar-refractivity contribution in [3.63, 3.8) is 0 Å². The number of rotatable bonds is 2. The van der Waals surface area contributed by atoms with Crippen molar-refractivity contribution in [1.29, 1.82) is 0 Å². The summed E-state index contributed by atoms with van der Waals surface area (Å²) >= 11 is 0. The first-order valence-corrected chi connectivity index (χ1v) is 4.81. The van der Waals surface area contributed by atoms with Crippen molar-refractivity contribution >= 4 is 0 Å². The first-order valence-electron chi connectivity index (χ1n) is 4.81. The Morgan fingerprint density at radius 1 is 1.33 bits per heavy atom. The average molecular weight is 216 g/mol. The normalized spacial score (nSPS) is 21.7. The Kier molecular flexibility index (Phi) is 2.46. The summed E-state index contributed by atoms with van der Waals surface area (Å²) in [7, 11) is 0. The molecule has 2 atom stereocenters. The molecule has 0 aliphatic heterocycles. The number of aliphatic hydroxyl groups is 1. The maximum atomic E-state index is 12.1. The fourth-order valence-electron chi connectivity index (χ4n) is 1.98. The van der Waals surface area contributed by atoms with Crippen LogP contribution in [0.4, 0.5) is 13.2 Å². The zero-order chi connectivity index (χ0) is 11.1. The Morgan fingerprint density at radius 3 is 2.60 bits per heavy atom. The lowest BCUT2D eigenvalue weighted by atomic mass is 9.75. The second-order valence-corrected chi connectivity index (χ2v) is 3.89. The number of hydrogen-bond donors (Lipinski definition) is 1. The highest BCUT2D eigenvalue weighted by Crippen LogP contribution is 2.40. The van der Waals surface area contributed by atoms with Gasteiger partial charge in [0, 0.05) is 0 Å². The van der Waals surface area contributed by atoms with Crippen molar-refractivity contribution < 1.29 is 18.3 Å². The first-order chi connectivity index (χ1) is 6.98. The number of alkyl halides is 3. The van der Waals surface area contributed by atoms with Crippen LogP contribution in [-0.4, -0.2) is 17.4 Å². The minimum absolute atomic E-state index is 0.141. The molecule has 4 heteroatoms. The molecule has 1 unspecified atom stereocenters. The summed E-state index contributed by atoms with van der Waals surface area (Å²) in [6.07, 6.45) is -6.27. The fourth-order valence-corrected chi connectivity index (χ4v) is 1.98. The van der Waals surface area contributed by atoms with E-state index in [0.29, 0.717) is 6.42 Å². The van der Waals surface area contributed by atoms with Crippen molar-refractivity contribution in [2.45, 2.75) is 31.0 Å². The molecule has 1 aromatic rings. The van der Waals surface area contributed by atoms with Gasteiger partial charge in [-0.2, -0.15) is 13.2 Å². The molecule has 1 nitrogen and oxygen atoms in total. The largest absolute Gasteiger partial charge is 0.414 e. The van der Waals surface area contributed by atoms with Crippen LogP contribution in [0.1, 0.15) is 23.5 Å². The quantitative estimate of drug-likeness (QED) is 0.805. The smallest absolute Gasteiger partial charge is 0.384 e. The standard InChI is InChI=1S/C11H11F3O/c12-11(13,14)10(15)6-8-5-7-3-1-2-4-9(7)8/h1-4,8,10,15H,5-6H2/t8?,10-/m0/s1. The summed E-state index contributed by atoms with van der Waals surface area (Å²) in [6, 6.07) is 7.42. The van der Waals surface area contributed by atoms with E-state index in [0.717, 1.165) is 11.1 Å². The maximum absolute atomic E-state index is 12.1. The van der Waals surface area contributed by atoms with Crippen LogP contribution in [0.3, 0.4) is 0 Å². The van der Waals surface area contributed by atoms with E-state index in [9.17, 15) is 13.2 Å². The summed E-state index contributed by atoms with van der Waals surface area (Å²) in [5.74, 6) is -0.141. The molecule has 0 aromatic heterocycles. The van der Waals surface area contributed by atoms with Gasteiger partial charge in [-0.25, -0.2) is 0 Å². The second-order valence-electron chi connectivity index (χ2n) is 3.89. The number of benzene rings is 1. The Hall–Kier alpha value is -1.03. The third-order valence-electron chi connectivity index (χ3n) is 2.85. The van der Waals surface area contributed by atoms with E-state index in [1.165, 1.54) is 0 Å². The molecule has 0 amide bonds. The van der Waals surface area contributed by atoms with Gasteiger partial charge >= 0.3 is 6.18 Å². The van der Waals surface area contributed by atoms with Crippen LogP contribution in [0.25, 0.3) is 0 Å². The van der Waals surface area contributed by atoms with E-state index in [1.807, 2.05) is 24.3 Å². The summed E-state index contributed by atoms with van der Waals surface area (Å²) < 4.78 is 36.3. The van der Waals surface area contributed by atoms with Crippen LogP contribution in [0, 0.1) is 0 Å². The molecular formula is C11H11F3O. The van der Waals surface area contributed by atoms with Gasteiger partial charge in [0.1, 0.15) is 6.10 Å². The fraction of sp³-hybridized carbons (Fsp3) is 0.455. The molecule has 0 spiro atoms. The van der Waals surface area contributed by atoms with Gasteiger partial charge < -0.3 is 5.11 Å². The Balaban J connectivity index is 2.01. The Bertz CT molecular complexity index is 359. The van der Waals surface area contributed by atoms with E-state index >= 15 is 0 Å². The SMILES string of the molecule is O[C@@H](CC1Cc2ccccc21)C(F)(F)F. The van der Waals surface area contributed by atoms with E-state index < -0.39 is 12.3 Å². The second kappa shape index (κ2) is 3.52. The van der Waals surface area contributed by atoms with Gasteiger partial charge in [0.25, 0.3) is 0 Å². The Labute approximate surface area is 85.5 Å². The van der Waals surface area contributed by atoms with Gasteiger partial charge in [0.2, 0.25) is 0 Å². The van der Waals surface area contributed by atoms with E-state index in [-0.39, 0.29) is 12.3 Å². The van der Waals surface area contributed by atoms with Crippen LogP contribution < -0.4 is 0 Å². The van der Waals surface area contributed by atoms with Crippen LogP contribution >= 0.6 is 0 Å². The van der Waals surface area contributed by atoms with E-state index in [4.69, 9.17) is 5.11 Å². The lowest BCUT2D eigenvalue weighted by Gasteiger charge is -2.32. The molecule has 0 heterocycles. The van der Waals surface area contributed by atoms with Gasteiger partial charge in [-0.1, -0.05) is 24.3 Å². The number of hydrogen-bond acceptors (Lipinski definition) is 1. The third-order valence-corrected chi connectivity index (χ3v) is 2.85. The highest BCUT2D eigenvalue weighted by Gasteiger charge is 2.41. The van der Waals surface area contributed by atoms with Crippen LogP contribution in [0.15, 0.2) is 24.3 Å². The Morgan fingerprint density at radius 2 is 2.00 bits per heavy atom. The lowest BCUT2D eigenvalue weighted by Crippen LogP contribution is -2.32. The molecule has 0 fully saturated rings. The van der Waals surface area contributed by atoms with Crippen molar-refractivity contribution in [3.05, 3.63) is 35.4 Å². The zero-order valence-electron chi connectivity index (χ0n) is 7.96. The van der Waals surface area contributed by atoms with Crippen molar-refractivity contribution in [2.75, 3.05) is 0 Å². The number of halogens is 3.